The van der Waals surface area contributed by atoms with Crippen LogP contribution >= 0.6 is 11.6 Å². The van der Waals surface area contributed by atoms with Crippen molar-refractivity contribution < 1.29 is 4.79 Å². The lowest BCUT2D eigenvalue weighted by Crippen LogP contribution is -2.47. The van der Waals surface area contributed by atoms with Crippen LogP contribution in [0.15, 0.2) is 47.3 Å². The van der Waals surface area contributed by atoms with Crippen molar-refractivity contribution in [3.63, 3.8) is 0 Å². The smallest absolute Gasteiger partial charge is 0.309 e. The number of piperidine rings is 2. The summed E-state index contributed by atoms with van der Waals surface area (Å²) in [6.07, 6.45) is 4.28. The van der Waals surface area contributed by atoms with E-state index >= 15 is 0 Å². The van der Waals surface area contributed by atoms with Gasteiger partial charge in [0.25, 0.3) is 0 Å². The van der Waals surface area contributed by atoms with E-state index in [0.717, 1.165) is 74.1 Å². The molecule has 6 rings (SSSR count). The van der Waals surface area contributed by atoms with Crippen LogP contribution in [-0.4, -0.2) is 64.1 Å². The number of benzene rings is 2. The van der Waals surface area contributed by atoms with Crippen molar-refractivity contribution >= 4 is 34.2 Å². The minimum absolute atomic E-state index is 0.0580. The summed E-state index contributed by atoms with van der Waals surface area (Å²) in [5.74, 6) is 0.205. The average molecular weight is 494 g/mol. The fraction of sp³-hybridized carbons (Fsp3) is 0.481. The lowest BCUT2D eigenvalue weighted by molar-refractivity contribution is -0.118. The Bertz CT molecular complexity index is 1310. The van der Waals surface area contributed by atoms with Gasteiger partial charge in [0.15, 0.2) is 0 Å². The first kappa shape index (κ1) is 22.8. The van der Waals surface area contributed by atoms with Crippen molar-refractivity contribution in [3.8, 4) is 0 Å². The molecule has 0 spiro atoms. The Labute approximate surface area is 210 Å². The Morgan fingerprint density at radius 1 is 0.886 bits per heavy atom. The van der Waals surface area contributed by atoms with Crippen molar-refractivity contribution in [1.82, 2.24) is 18.9 Å². The lowest BCUT2D eigenvalue weighted by Gasteiger charge is -2.37. The molecule has 2 saturated heterocycles. The van der Waals surface area contributed by atoms with Gasteiger partial charge in [-0.1, -0.05) is 29.8 Å². The molecule has 184 valence electrons. The van der Waals surface area contributed by atoms with E-state index in [-0.39, 0.29) is 23.7 Å². The number of imidazole rings is 1. The Kier molecular flexibility index (Phi) is 5.95. The summed E-state index contributed by atoms with van der Waals surface area (Å²) < 4.78 is 3.90. The highest BCUT2D eigenvalue weighted by atomic mass is 35.5. The average Bonchev–Trinajstić information content (AvgIpc) is 3.33. The van der Waals surface area contributed by atoms with Crippen LogP contribution in [0.5, 0.6) is 0 Å². The van der Waals surface area contributed by atoms with Gasteiger partial charge < -0.3 is 9.80 Å². The number of hydrogen-bond acceptors (Lipinski definition) is 4. The van der Waals surface area contributed by atoms with E-state index in [1.54, 1.807) is 0 Å². The van der Waals surface area contributed by atoms with E-state index in [2.05, 4.69) is 29.0 Å². The molecule has 3 aliphatic heterocycles. The summed E-state index contributed by atoms with van der Waals surface area (Å²) in [5, 5.41) is 0.650. The summed E-state index contributed by atoms with van der Waals surface area (Å²) in [4.78, 5) is 33.1. The molecule has 1 amide bonds. The SMILES string of the molecule is CN1CCC(n2c(=O)n(CN3CCC(N4C(=O)Cc5ccccc54)CC3)c3cc(Cl)ccc32)CC1. The van der Waals surface area contributed by atoms with Gasteiger partial charge in [-0.3, -0.25) is 18.8 Å². The number of likely N-dealkylation sites (tertiary alicyclic amines) is 2. The van der Waals surface area contributed by atoms with Gasteiger partial charge in [0.05, 0.1) is 24.1 Å². The molecule has 0 unspecified atom stereocenters. The molecular formula is C27H32ClN5O2. The molecule has 2 fully saturated rings. The molecule has 4 heterocycles. The number of fused-ring (bicyclic) bond motifs is 2. The molecular weight excluding hydrogens is 462 g/mol. The normalized spacial score (nSPS) is 20.7. The number of para-hydroxylation sites is 1. The van der Waals surface area contributed by atoms with Crippen molar-refractivity contribution in [3.05, 3.63) is 63.5 Å². The highest BCUT2D eigenvalue weighted by molar-refractivity contribution is 6.31. The lowest BCUT2D eigenvalue weighted by atomic mass is 10.0. The quantitative estimate of drug-likeness (QED) is 0.555. The number of nitrogens with zero attached hydrogens (tertiary/aromatic N) is 5. The van der Waals surface area contributed by atoms with Crippen molar-refractivity contribution in [2.45, 2.75) is 50.9 Å². The zero-order chi connectivity index (χ0) is 24.1. The third kappa shape index (κ3) is 4.09. The molecule has 0 bridgehead atoms. The fourth-order valence-corrected chi connectivity index (χ4v) is 6.36. The topological polar surface area (TPSA) is 53.7 Å². The zero-order valence-corrected chi connectivity index (χ0v) is 21.0. The second kappa shape index (κ2) is 9.12. The maximum Gasteiger partial charge on any atom is 0.330 e. The van der Waals surface area contributed by atoms with Crippen LogP contribution in [0.25, 0.3) is 11.0 Å². The number of amides is 1. The Morgan fingerprint density at radius 3 is 2.37 bits per heavy atom. The molecule has 0 saturated carbocycles. The number of halogens is 1. The number of aromatic nitrogens is 2. The van der Waals surface area contributed by atoms with Gasteiger partial charge in [-0.05, 0) is 75.6 Å². The summed E-state index contributed by atoms with van der Waals surface area (Å²) in [5.41, 5.74) is 4.14. The maximum atomic E-state index is 13.7. The molecule has 35 heavy (non-hydrogen) atoms. The molecule has 0 radical (unpaired) electrons. The number of rotatable bonds is 4. The van der Waals surface area contributed by atoms with Gasteiger partial charge in [0.2, 0.25) is 5.91 Å². The van der Waals surface area contributed by atoms with Crippen LogP contribution < -0.4 is 10.6 Å². The van der Waals surface area contributed by atoms with E-state index in [0.29, 0.717) is 18.1 Å². The van der Waals surface area contributed by atoms with Crippen LogP contribution in [0.1, 0.15) is 37.3 Å². The van der Waals surface area contributed by atoms with Gasteiger partial charge in [-0.15, -0.1) is 0 Å². The van der Waals surface area contributed by atoms with E-state index in [9.17, 15) is 9.59 Å². The number of hydrogen-bond donors (Lipinski definition) is 0. The fourth-order valence-electron chi connectivity index (χ4n) is 6.19. The second-order valence-electron chi connectivity index (χ2n) is 10.3. The minimum Gasteiger partial charge on any atom is -0.309 e. The predicted octanol–water partition coefficient (Wildman–Crippen LogP) is 3.73. The standard InChI is InChI=1S/C27H32ClN5O2/c1-29-12-8-22(9-13-29)33-24-7-6-20(28)17-25(24)31(27(33)35)18-30-14-10-21(11-15-30)32-23-5-3-2-4-19(23)16-26(32)34/h2-7,17,21-22H,8-16,18H2,1H3. The van der Waals surface area contributed by atoms with Crippen LogP contribution in [-0.2, 0) is 17.9 Å². The monoisotopic (exact) mass is 493 g/mol. The summed E-state index contributed by atoms with van der Waals surface area (Å²) in [6.45, 7) is 4.26. The Hall–Kier alpha value is -2.61. The summed E-state index contributed by atoms with van der Waals surface area (Å²) in [7, 11) is 2.14. The third-order valence-corrected chi connectivity index (χ3v) is 8.34. The molecule has 2 aromatic carbocycles. The van der Waals surface area contributed by atoms with Crippen LogP contribution in [0.2, 0.25) is 5.02 Å². The predicted molar refractivity (Wildman–Crippen MR) is 139 cm³/mol. The van der Waals surface area contributed by atoms with Gasteiger partial charge >= 0.3 is 5.69 Å². The molecule has 0 atom stereocenters. The maximum absolute atomic E-state index is 13.7. The van der Waals surface area contributed by atoms with Crippen molar-refractivity contribution in [2.75, 3.05) is 38.1 Å². The van der Waals surface area contributed by atoms with E-state index in [1.807, 2.05) is 44.4 Å². The second-order valence-corrected chi connectivity index (χ2v) is 10.7. The molecule has 3 aliphatic rings. The summed E-state index contributed by atoms with van der Waals surface area (Å²) in [6, 6.07) is 14.4. The number of carbonyl (C=O) groups excluding carboxylic acids is 1. The van der Waals surface area contributed by atoms with E-state index < -0.39 is 0 Å². The first-order chi connectivity index (χ1) is 17.0. The van der Waals surface area contributed by atoms with Crippen LogP contribution in [0, 0.1) is 0 Å². The zero-order valence-electron chi connectivity index (χ0n) is 20.2. The Balaban J connectivity index is 1.22. The third-order valence-electron chi connectivity index (χ3n) is 8.10. The van der Waals surface area contributed by atoms with Crippen LogP contribution in [0.4, 0.5) is 5.69 Å². The van der Waals surface area contributed by atoms with E-state index in [4.69, 9.17) is 11.6 Å². The molecule has 8 heteroatoms. The summed E-state index contributed by atoms with van der Waals surface area (Å²) >= 11 is 6.36. The van der Waals surface area contributed by atoms with Crippen molar-refractivity contribution in [2.24, 2.45) is 0 Å². The first-order valence-corrected chi connectivity index (χ1v) is 13.1. The first-order valence-electron chi connectivity index (χ1n) is 12.7. The highest BCUT2D eigenvalue weighted by Crippen LogP contribution is 2.33. The number of anilines is 1. The molecule has 7 nitrogen and oxygen atoms in total. The molecule has 0 aliphatic carbocycles. The van der Waals surface area contributed by atoms with E-state index in [1.165, 1.54) is 0 Å². The molecule has 0 N–H and O–H groups in total. The largest absolute Gasteiger partial charge is 0.330 e. The van der Waals surface area contributed by atoms with Gasteiger partial charge in [0.1, 0.15) is 0 Å². The minimum atomic E-state index is 0.0580. The van der Waals surface area contributed by atoms with Crippen molar-refractivity contribution in [1.29, 1.82) is 0 Å². The molecule has 1 aromatic heterocycles. The van der Waals surface area contributed by atoms with Gasteiger partial charge in [-0.25, -0.2) is 4.79 Å². The van der Waals surface area contributed by atoms with Crippen LogP contribution in [0.3, 0.4) is 0 Å². The molecule has 3 aromatic rings. The highest BCUT2D eigenvalue weighted by Gasteiger charge is 2.35. The number of carbonyl (C=O) groups is 1. The van der Waals surface area contributed by atoms with Gasteiger partial charge in [-0.2, -0.15) is 0 Å². The Morgan fingerprint density at radius 2 is 1.60 bits per heavy atom. The van der Waals surface area contributed by atoms with Gasteiger partial charge in [0, 0.05) is 35.9 Å².